The van der Waals surface area contributed by atoms with E-state index >= 15 is 0 Å². The molecule has 3 atom stereocenters. The van der Waals surface area contributed by atoms with Crippen molar-refractivity contribution in [2.75, 3.05) is 11.9 Å². The van der Waals surface area contributed by atoms with E-state index in [1.54, 1.807) is 6.07 Å². The van der Waals surface area contributed by atoms with Crippen LogP contribution >= 0.6 is 27.7 Å². The molecule has 2 aliphatic rings. The molecule has 6 nitrogen and oxygen atoms in total. The minimum absolute atomic E-state index is 0.0505. The molecule has 1 amide bonds. The molecular weight excluding hydrogens is 504 g/mol. The number of carbonyl (C=O) groups excluding carboxylic acids is 1. The van der Waals surface area contributed by atoms with Crippen LogP contribution in [0.5, 0.6) is 5.75 Å². The fourth-order valence-electron chi connectivity index (χ4n) is 4.38. The average Bonchev–Trinajstić information content (AvgIpc) is 3.08. The van der Waals surface area contributed by atoms with Crippen LogP contribution < -0.4 is 10.1 Å². The molecule has 1 aliphatic heterocycles. The number of hydrogen-bond acceptors (Lipinski definition) is 5. The molecule has 0 radical (unpaired) electrons. The van der Waals surface area contributed by atoms with Gasteiger partial charge < -0.3 is 20.1 Å². The van der Waals surface area contributed by atoms with Crippen LogP contribution in [0.3, 0.4) is 0 Å². The minimum Gasteiger partial charge on any atom is -0.481 e. The van der Waals surface area contributed by atoms with Gasteiger partial charge in [0.05, 0.1) is 9.38 Å². The fraction of sp³-hybridized carbons (Fsp3) is 0.360. The molecule has 1 aliphatic carbocycles. The highest BCUT2D eigenvalue weighted by molar-refractivity contribution is 9.10. The summed E-state index contributed by atoms with van der Waals surface area (Å²) >= 11 is 4.98. The molecule has 2 aromatic carbocycles. The highest BCUT2D eigenvalue weighted by Crippen LogP contribution is 2.42. The van der Waals surface area contributed by atoms with E-state index in [9.17, 15) is 9.59 Å². The van der Waals surface area contributed by atoms with Crippen molar-refractivity contribution in [3.63, 3.8) is 0 Å². The second-order valence-corrected chi connectivity index (χ2v) is 10.4. The third-order valence-electron chi connectivity index (χ3n) is 6.03. The number of carboxylic acid groups (broad SMARTS) is 1. The van der Waals surface area contributed by atoms with Gasteiger partial charge >= 0.3 is 5.97 Å². The first kappa shape index (κ1) is 23.7. The highest BCUT2D eigenvalue weighted by Gasteiger charge is 2.42. The molecule has 174 valence electrons. The lowest BCUT2D eigenvalue weighted by molar-refractivity contribution is -0.139. The Morgan fingerprint density at radius 1 is 1.24 bits per heavy atom. The summed E-state index contributed by atoms with van der Waals surface area (Å²) in [6, 6.07) is 15.6. The van der Waals surface area contributed by atoms with Gasteiger partial charge in [0.2, 0.25) is 0 Å². The van der Waals surface area contributed by atoms with Crippen LogP contribution in [0.4, 0.5) is 5.69 Å². The van der Waals surface area contributed by atoms with Crippen molar-refractivity contribution in [1.82, 2.24) is 4.90 Å². The molecule has 2 N–H and O–H groups in total. The molecular formula is C25H27BrN2O4S. The predicted molar refractivity (Wildman–Crippen MR) is 135 cm³/mol. The number of carboxylic acids is 1. The van der Waals surface area contributed by atoms with E-state index in [-0.39, 0.29) is 17.4 Å². The van der Waals surface area contributed by atoms with Crippen molar-refractivity contribution in [2.24, 2.45) is 5.92 Å². The minimum atomic E-state index is -1.03. The topological polar surface area (TPSA) is 78.9 Å². The van der Waals surface area contributed by atoms with Gasteiger partial charge in [-0.15, -0.1) is 0 Å². The lowest BCUT2D eigenvalue weighted by Crippen LogP contribution is -2.48. The molecule has 2 fully saturated rings. The van der Waals surface area contributed by atoms with E-state index < -0.39 is 12.6 Å². The summed E-state index contributed by atoms with van der Waals surface area (Å²) in [5.74, 6) is -0.0710. The van der Waals surface area contributed by atoms with Crippen LogP contribution in [0.15, 0.2) is 57.9 Å². The lowest BCUT2D eigenvalue weighted by Gasteiger charge is -2.39. The average molecular weight is 531 g/mol. The molecule has 4 rings (SSSR count). The Balaban J connectivity index is 1.59. The van der Waals surface area contributed by atoms with Gasteiger partial charge in [0, 0.05) is 11.7 Å². The SMILES string of the molecule is C[C@H]1CCCC[C@@H]1N1C(=O)/C(=C/c2ccc(OCC(=O)O)c(Br)c2)SC1Nc1ccccc1. The molecule has 2 aromatic rings. The second-order valence-electron chi connectivity index (χ2n) is 8.40. The molecule has 1 heterocycles. The number of anilines is 1. The smallest absolute Gasteiger partial charge is 0.341 e. The van der Waals surface area contributed by atoms with E-state index in [1.165, 1.54) is 18.2 Å². The number of benzene rings is 2. The lowest BCUT2D eigenvalue weighted by atomic mass is 9.85. The molecule has 0 bridgehead atoms. The Labute approximate surface area is 206 Å². The number of nitrogens with zero attached hydrogens (tertiary/aromatic N) is 1. The van der Waals surface area contributed by atoms with Gasteiger partial charge in [0.1, 0.15) is 5.75 Å². The van der Waals surface area contributed by atoms with E-state index in [2.05, 4.69) is 28.2 Å². The summed E-state index contributed by atoms with van der Waals surface area (Å²) in [7, 11) is 0. The van der Waals surface area contributed by atoms with Crippen LogP contribution in [-0.2, 0) is 9.59 Å². The summed E-state index contributed by atoms with van der Waals surface area (Å²) in [6.45, 7) is 1.84. The maximum atomic E-state index is 13.6. The van der Waals surface area contributed by atoms with Crippen molar-refractivity contribution >= 4 is 51.3 Å². The number of amides is 1. The van der Waals surface area contributed by atoms with Gasteiger partial charge in [0.15, 0.2) is 12.1 Å². The number of thioether (sulfide) groups is 1. The molecule has 1 saturated carbocycles. The fourth-order valence-corrected chi connectivity index (χ4v) is 6.10. The zero-order valence-corrected chi connectivity index (χ0v) is 20.8. The summed E-state index contributed by atoms with van der Waals surface area (Å²) in [4.78, 5) is 27.1. The van der Waals surface area contributed by atoms with Gasteiger partial charge in [-0.1, -0.05) is 55.8 Å². The van der Waals surface area contributed by atoms with Gasteiger partial charge in [-0.2, -0.15) is 0 Å². The second kappa shape index (κ2) is 10.7. The number of halogens is 1. The molecule has 8 heteroatoms. The van der Waals surface area contributed by atoms with Crippen molar-refractivity contribution in [2.45, 2.75) is 44.1 Å². The van der Waals surface area contributed by atoms with E-state index in [0.29, 0.717) is 21.0 Å². The molecule has 0 aromatic heterocycles. The largest absolute Gasteiger partial charge is 0.481 e. The number of aliphatic carboxylic acids is 1. The summed E-state index contributed by atoms with van der Waals surface area (Å²) < 4.78 is 5.92. The molecule has 1 unspecified atom stereocenters. The standard InChI is InChI=1S/C25H27BrN2O4S/c1-16-7-5-6-10-20(16)28-24(31)22(33-25(28)27-18-8-3-2-4-9-18)14-17-11-12-21(19(26)13-17)32-15-23(29)30/h2-4,8-9,11-14,16,20,25,27H,5-7,10,15H2,1H3,(H,29,30)/b22-14-/t16-,20-,25?/m0/s1. The summed E-state index contributed by atoms with van der Waals surface area (Å²) in [6.07, 6.45) is 6.42. The van der Waals surface area contributed by atoms with Crippen molar-refractivity contribution in [3.8, 4) is 5.75 Å². The first-order valence-corrected chi connectivity index (χ1v) is 12.8. The van der Waals surface area contributed by atoms with E-state index in [4.69, 9.17) is 9.84 Å². The van der Waals surface area contributed by atoms with Gasteiger partial charge in [-0.3, -0.25) is 4.79 Å². The van der Waals surface area contributed by atoms with E-state index in [0.717, 1.165) is 30.5 Å². The Hall–Kier alpha value is -2.45. The number of hydrogen-bond donors (Lipinski definition) is 2. The van der Waals surface area contributed by atoms with Gasteiger partial charge in [-0.05, 0) is 70.6 Å². The monoisotopic (exact) mass is 530 g/mol. The number of para-hydroxylation sites is 1. The summed E-state index contributed by atoms with van der Waals surface area (Å²) in [5, 5.41) is 12.4. The Morgan fingerprint density at radius 3 is 2.70 bits per heavy atom. The Kier molecular flexibility index (Phi) is 7.65. The van der Waals surface area contributed by atoms with Crippen LogP contribution in [0, 0.1) is 5.92 Å². The van der Waals surface area contributed by atoms with Crippen LogP contribution in [0.2, 0.25) is 0 Å². The Bertz CT molecular complexity index is 1050. The van der Waals surface area contributed by atoms with Crippen molar-refractivity contribution < 1.29 is 19.4 Å². The van der Waals surface area contributed by atoms with Crippen LogP contribution in [0.25, 0.3) is 6.08 Å². The van der Waals surface area contributed by atoms with Crippen molar-refractivity contribution in [1.29, 1.82) is 0 Å². The molecule has 1 saturated heterocycles. The maximum Gasteiger partial charge on any atom is 0.341 e. The molecule has 33 heavy (non-hydrogen) atoms. The third-order valence-corrected chi connectivity index (χ3v) is 7.76. The van der Waals surface area contributed by atoms with Crippen LogP contribution in [-0.4, -0.2) is 40.0 Å². The third kappa shape index (κ3) is 5.73. The zero-order chi connectivity index (χ0) is 23.4. The predicted octanol–water partition coefficient (Wildman–Crippen LogP) is 5.80. The number of rotatable bonds is 7. The van der Waals surface area contributed by atoms with Gasteiger partial charge in [0.25, 0.3) is 5.91 Å². The number of carbonyl (C=O) groups is 2. The quantitative estimate of drug-likeness (QED) is 0.440. The Morgan fingerprint density at radius 2 is 2.00 bits per heavy atom. The normalized spacial score (nSPS) is 24.2. The van der Waals surface area contributed by atoms with Gasteiger partial charge in [-0.25, -0.2) is 4.79 Å². The van der Waals surface area contributed by atoms with Crippen LogP contribution in [0.1, 0.15) is 38.2 Å². The first-order chi connectivity index (χ1) is 15.9. The zero-order valence-electron chi connectivity index (χ0n) is 18.4. The summed E-state index contributed by atoms with van der Waals surface area (Å²) in [5.41, 5.74) is 1.66. The highest BCUT2D eigenvalue weighted by atomic mass is 79.9. The maximum absolute atomic E-state index is 13.6. The number of ether oxygens (including phenoxy) is 1. The van der Waals surface area contributed by atoms with Crippen molar-refractivity contribution in [3.05, 3.63) is 63.5 Å². The first-order valence-electron chi connectivity index (χ1n) is 11.1. The molecule has 0 spiro atoms. The number of nitrogens with one attached hydrogen (secondary N) is 1. The van der Waals surface area contributed by atoms with E-state index in [1.807, 2.05) is 53.4 Å².